The number of anilines is 2. The number of hydrogen-bond acceptors (Lipinski definition) is 3. The van der Waals surface area contributed by atoms with Crippen LogP contribution in [0, 0.1) is 5.41 Å². The highest BCUT2D eigenvalue weighted by Gasteiger charge is 2.29. The second-order valence-corrected chi connectivity index (χ2v) is 6.65. The molecule has 1 aromatic rings. The molecule has 1 saturated carbocycles. The van der Waals surface area contributed by atoms with E-state index in [4.69, 9.17) is 11.5 Å². The van der Waals surface area contributed by atoms with Crippen LogP contribution >= 0.6 is 0 Å². The van der Waals surface area contributed by atoms with Gasteiger partial charge >= 0.3 is 0 Å². The number of rotatable bonds is 3. The molecule has 4 nitrogen and oxygen atoms in total. The van der Waals surface area contributed by atoms with Gasteiger partial charge in [-0.3, -0.25) is 4.79 Å². The van der Waals surface area contributed by atoms with Crippen molar-refractivity contribution in [2.45, 2.75) is 45.6 Å². The van der Waals surface area contributed by atoms with Crippen LogP contribution in [0.3, 0.4) is 0 Å². The minimum absolute atomic E-state index is 0.421. The number of amides is 1. The number of hydrogen-bond donors (Lipinski definition) is 2. The number of nitrogens with two attached hydrogens (primary N) is 2. The Morgan fingerprint density at radius 3 is 2.45 bits per heavy atom. The standard InChI is InChI=1S/C16H25N3O/c1-16(2)8-6-12(7-9-16)19(3)14-5-4-11(17)10-13(14)15(18)20/h4-5,10,12H,6-9,17H2,1-3H3,(H2,18,20). The summed E-state index contributed by atoms with van der Waals surface area (Å²) in [5, 5.41) is 0. The van der Waals surface area contributed by atoms with Gasteiger partial charge in [-0.1, -0.05) is 13.8 Å². The van der Waals surface area contributed by atoms with Gasteiger partial charge in [0.15, 0.2) is 0 Å². The third-order valence-corrected chi connectivity index (χ3v) is 4.52. The van der Waals surface area contributed by atoms with Crippen molar-refractivity contribution in [1.29, 1.82) is 0 Å². The molecule has 0 spiro atoms. The minimum atomic E-state index is -0.421. The minimum Gasteiger partial charge on any atom is -0.399 e. The molecule has 0 bridgehead atoms. The maximum Gasteiger partial charge on any atom is 0.250 e. The number of nitrogen functional groups attached to an aromatic ring is 1. The first-order valence-corrected chi connectivity index (χ1v) is 7.22. The highest BCUT2D eigenvalue weighted by atomic mass is 16.1. The van der Waals surface area contributed by atoms with Crippen LogP contribution in [0.1, 0.15) is 49.9 Å². The lowest BCUT2D eigenvalue weighted by molar-refractivity contribution is 0.100. The molecular formula is C16H25N3O. The van der Waals surface area contributed by atoms with E-state index in [1.165, 1.54) is 12.8 Å². The molecule has 1 aliphatic carbocycles. The monoisotopic (exact) mass is 275 g/mol. The van der Waals surface area contributed by atoms with E-state index in [0.29, 0.717) is 22.7 Å². The molecular weight excluding hydrogens is 250 g/mol. The molecule has 1 aromatic carbocycles. The zero-order valence-corrected chi connectivity index (χ0v) is 12.6. The topological polar surface area (TPSA) is 72.3 Å². The maximum absolute atomic E-state index is 11.6. The summed E-state index contributed by atoms with van der Waals surface area (Å²) in [6, 6.07) is 5.85. The van der Waals surface area contributed by atoms with E-state index in [-0.39, 0.29) is 0 Å². The summed E-state index contributed by atoms with van der Waals surface area (Å²) in [7, 11) is 2.04. The largest absolute Gasteiger partial charge is 0.399 e. The lowest BCUT2D eigenvalue weighted by Gasteiger charge is -2.40. The van der Waals surface area contributed by atoms with Crippen LogP contribution in [0.25, 0.3) is 0 Å². The molecule has 4 heteroatoms. The van der Waals surface area contributed by atoms with Crippen LogP contribution in [0.5, 0.6) is 0 Å². The lowest BCUT2D eigenvalue weighted by atomic mass is 9.75. The Balaban J connectivity index is 2.21. The van der Waals surface area contributed by atoms with Gasteiger partial charge in [-0.05, 0) is 49.3 Å². The molecule has 110 valence electrons. The Kier molecular flexibility index (Phi) is 3.93. The predicted octanol–water partition coefficient (Wildman–Crippen LogP) is 2.77. The second-order valence-electron chi connectivity index (χ2n) is 6.65. The molecule has 0 saturated heterocycles. The van der Waals surface area contributed by atoms with Gasteiger partial charge in [0.1, 0.15) is 0 Å². The van der Waals surface area contributed by atoms with Gasteiger partial charge in [0.25, 0.3) is 5.91 Å². The Morgan fingerprint density at radius 2 is 1.90 bits per heavy atom. The van der Waals surface area contributed by atoms with Crippen LogP contribution in [0.15, 0.2) is 18.2 Å². The Morgan fingerprint density at radius 1 is 1.30 bits per heavy atom. The quantitative estimate of drug-likeness (QED) is 0.833. The fraction of sp³-hybridized carbons (Fsp3) is 0.562. The Labute approximate surface area is 121 Å². The van der Waals surface area contributed by atoms with Crippen molar-refractivity contribution in [2.24, 2.45) is 11.1 Å². The van der Waals surface area contributed by atoms with E-state index in [2.05, 4.69) is 18.7 Å². The third kappa shape index (κ3) is 3.06. The van der Waals surface area contributed by atoms with Gasteiger partial charge < -0.3 is 16.4 Å². The summed E-state index contributed by atoms with van der Waals surface area (Å²) in [4.78, 5) is 13.8. The highest BCUT2D eigenvalue weighted by molar-refractivity contribution is 5.99. The average molecular weight is 275 g/mol. The van der Waals surface area contributed by atoms with Gasteiger partial charge in [0.05, 0.1) is 5.56 Å². The molecule has 2 rings (SSSR count). The number of nitrogens with zero attached hydrogens (tertiary/aromatic N) is 1. The Bertz CT molecular complexity index is 500. The maximum atomic E-state index is 11.6. The van der Waals surface area contributed by atoms with Gasteiger partial charge in [0, 0.05) is 24.5 Å². The van der Waals surface area contributed by atoms with Crippen molar-refractivity contribution in [3.63, 3.8) is 0 Å². The molecule has 0 unspecified atom stereocenters. The van der Waals surface area contributed by atoms with E-state index in [1.807, 2.05) is 19.2 Å². The number of carbonyl (C=O) groups is 1. The summed E-state index contributed by atoms with van der Waals surface area (Å²) in [5.74, 6) is -0.421. The molecule has 0 aliphatic heterocycles. The summed E-state index contributed by atoms with van der Waals surface area (Å²) in [6.45, 7) is 4.64. The molecule has 1 fully saturated rings. The normalized spacial score (nSPS) is 18.8. The van der Waals surface area contributed by atoms with Gasteiger partial charge in [-0.2, -0.15) is 0 Å². The van der Waals surface area contributed by atoms with Crippen molar-refractivity contribution in [2.75, 3.05) is 17.7 Å². The smallest absolute Gasteiger partial charge is 0.250 e. The summed E-state index contributed by atoms with van der Waals surface area (Å²) in [5.41, 5.74) is 13.6. The van der Waals surface area contributed by atoms with Gasteiger partial charge in [-0.25, -0.2) is 0 Å². The van der Waals surface area contributed by atoms with Crippen molar-refractivity contribution in [1.82, 2.24) is 0 Å². The van der Waals surface area contributed by atoms with Crippen LogP contribution in [0.4, 0.5) is 11.4 Å². The third-order valence-electron chi connectivity index (χ3n) is 4.52. The second kappa shape index (κ2) is 5.35. The average Bonchev–Trinajstić information content (AvgIpc) is 2.37. The predicted molar refractivity (Wildman–Crippen MR) is 83.8 cm³/mol. The molecule has 0 heterocycles. The van der Waals surface area contributed by atoms with E-state index in [1.54, 1.807) is 6.07 Å². The Hall–Kier alpha value is -1.71. The molecule has 0 radical (unpaired) electrons. The van der Waals surface area contributed by atoms with Crippen LogP contribution in [-0.4, -0.2) is 19.0 Å². The molecule has 0 atom stereocenters. The SMILES string of the molecule is CN(c1ccc(N)cc1C(N)=O)C1CCC(C)(C)CC1. The van der Waals surface area contributed by atoms with Crippen LogP contribution < -0.4 is 16.4 Å². The first-order valence-electron chi connectivity index (χ1n) is 7.22. The van der Waals surface area contributed by atoms with E-state index >= 15 is 0 Å². The molecule has 0 aromatic heterocycles. The summed E-state index contributed by atoms with van der Waals surface area (Å²) in [6.07, 6.45) is 4.71. The molecule has 1 aliphatic rings. The van der Waals surface area contributed by atoms with Gasteiger partial charge in [-0.15, -0.1) is 0 Å². The van der Waals surface area contributed by atoms with E-state index in [0.717, 1.165) is 18.5 Å². The van der Waals surface area contributed by atoms with Crippen molar-refractivity contribution >= 4 is 17.3 Å². The van der Waals surface area contributed by atoms with E-state index < -0.39 is 5.91 Å². The van der Waals surface area contributed by atoms with Crippen LogP contribution in [-0.2, 0) is 0 Å². The van der Waals surface area contributed by atoms with Crippen molar-refractivity contribution in [3.05, 3.63) is 23.8 Å². The number of benzene rings is 1. The molecule has 4 N–H and O–H groups in total. The van der Waals surface area contributed by atoms with Gasteiger partial charge in [0.2, 0.25) is 0 Å². The number of carbonyl (C=O) groups excluding carboxylic acids is 1. The van der Waals surface area contributed by atoms with Crippen molar-refractivity contribution in [3.8, 4) is 0 Å². The van der Waals surface area contributed by atoms with Crippen LogP contribution in [0.2, 0.25) is 0 Å². The fourth-order valence-electron chi connectivity index (χ4n) is 3.03. The fourth-order valence-corrected chi connectivity index (χ4v) is 3.03. The first-order chi connectivity index (χ1) is 9.30. The first kappa shape index (κ1) is 14.7. The highest BCUT2D eigenvalue weighted by Crippen LogP contribution is 2.38. The number of primary amides is 1. The van der Waals surface area contributed by atoms with E-state index in [9.17, 15) is 4.79 Å². The molecule has 1 amide bonds. The zero-order chi connectivity index (χ0) is 14.9. The molecule has 20 heavy (non-hydrogen) atoms. The summed E-state index contributed by atoms with van der Waals surface area (Å²) >= 11 is 0. The zero-order valence-electron chi connectivity index (χ0n) is 12.6. The van der Waals surface area contributed by atoms with Crippen molar-refractivity contribution < 1.29 is 4.79 Å². The summed E-state index contributed by atoms with van der Waals surface area (Å²) < 4.78 is 0. The lowest BCUT2D eigenvalue weighted by Crippen LogP contribution is -2.38.